The highest BCUT2D eigenvalue weighted by molar-refractivity contribution is 5.95. The number of rotatable bonds is 5. The van der Waals surface area contributed by atoms with Crippen LogP contribution in [0, 0.1) is 6.92 Å². The van der Waals surface area contributed by atoms with E-state index >= 15 is 0 Å². The van der Waals surface area contributed by atoms with E-state index in [1.165, 1.54) is 0 Å². The smallest absolute Gasteiger partial charge is 0.254 e. The first kappa shape index (κ1) is 17.6. The zero-order valence-electron chi connectivity index (χ0n) is 15.2. The Hall–Kier alpha value is -2.20. The van der Waals surface area contributed by atoms with Crippen molar-refractivity contribution in [2.24, 2.45) is 0 Å². The predicted octanol–water partition coefficient (Wildman–Crippen LogP) is 3.17. The van der Waals surface area contributed by atoms with E-state index in [4.69, 9.17) is 0 Å². The predicted molar refractivity (Wildman–Crippen MR) is 101 cm³/mol. The summed E-state index contributed by atoms with van der Waals surface area (Å²) >= 11 is 0. The molecule has 132 valence electrons. The SMILES string of the molecule is Cc1ccccc1C(=O)N(C)C1CCN(CCc2ccccn2)CC1. The molecular weight excluding hydrogens is 310 g/mol. The molecule has 1 aromatic heterocycles. The largest absolute Gasteiger partial charge is 0.339 e. The number of aromatic nitrogens is 1. The van der Waals surface area contributed by atoms with E-state index in [0.717, 1.165) is 55.7 Å². The Morgan fingerprint density at radius 1 is 1.16 bits per heavy atom. The molecule has 0 N–H and O–H groups in total. The summed E-state index contributed by atoms with van der Waals surface area (Å²) in [6, 6.07) is 14.3. The Bertz CT molecular complexity index is 693. The number of benzene rings is 1. The molecule has 2 heterocycles. The number of carbonyl (C=O) groups excluding carboxylic acids is 1. The third kappa shape index (κ3) is 4.45. The van der Waals surface area contributed by atoms with E-state index in [1.807, 2.05) is 61.5 Å². The standard InChI is InChI=1S/C21H27N3O/c1-17-7-3-4-9-20(17)21(25)23(2)19-11-15-24(16-12-19)14-10-18-8-5-6-13-22-18/h3-9,13,19H,10-12,14-16H2,1-2H3. The third-order valence-electron chi connectivity index (χ3n) is 5.21. The van der Waals surface area contributed by atoms with Crippen LogP contribution in [0.5, 0.6) is 0 Å². The number of amides is 1. The summed E-state index contributed by atoms with van der Waals surface area (Å²) in [5, 5.41) is 0. The minimum Gasteiger partial charge on any atom is -0.339 e. The lowest BCUT2D eigenvalue weighted by Crippen LogP contribution is -2.46. The van der Waals surface area contributed by atoms with Gasteiger partial charge in [0.2, 0.25) is 0 Å². The maximum atomic E-state index is 12.8. The lowest BCUT2D eigenvalue weighted by atomic mass is 10.0. The normalized spacial score (nSPS) is 15.9. The second kappa shape index (κ2) is 8.26. The van der Waals surface area contributed by atoms with Crippen LogP contribution in [0.4, 0.5) is 0 Å². The molecule has 1 amide bonds. The van der Waals surface area contributed by atoms with Crippen molar-refractivity contribution in [2.75, 3.05) is 26.7 Å². The van der Waals surface area contributed by atoms with Crippen LogP contribution in [0.1, 0.15) is 34.5 Å². The van der Waals surface area contributed by atoms with Gasteiger partial charge >= 0.3 is 0 Å². The number of nitrogens with zero attached hydrogens (tertiary/aromatic N) is 3. The first-order valence-corrected chi connectivity index (χ1v) is 9.10. The molecule has 2 aromatic rings. The van der Waals surface area contributed by atoms with Gasteiger partial charge in [-0.3, -0.25) is 9.78 Å². The Morgan fingerprint density at radius 2 is 1.88 bits per heavy atom. The molecule has 3 rings (SSSR count). The first-order chi connectivity index (χ1) is 12.1. The van der Waals surface area contributed by atoms with Crippen LogP contribution < -0.4 is 0 Å². The number of pyridine rings is 1. The van der Waals surface area contributed by atoms with Gasteiger partial charge in [0.1, 0.15) is 0 Å². The van der Waals surface area contributed by atoms with Gasteiger partial charge in [0.15, 0.2) is 0 Å². The van der Waals surface area contributed by atoms with Crippen molar-refractivity contribution in [1.82, 2.24) is 14.8 Å². The molecule has 0 unspecified atom stereocenters. The van der Waals surface area contributed by atoms with Crippen LogP contribution in [0.25, 0.3) is 0 Å². The molecule has 1 saturated heterocycles. The second-order valence-electron chi connectivity index (χ2n) is 6.87. The van der Waals surface area contributed by atoms with E-state index in [9.17, 15) is 4.79 Å². The number of aryl methyl sites for hydroxylation is 1. The van der Waals surface area contributed by atoms with Crippen molar-refractivity contribution >= 4 is 5.91 Å². The van der Waals surface area contributed by atoms with Crippen molar-refractivity contribution in [3.05, 3.63) is 65.5 Å². The molecule has 4 heteroatoms. The lowest BCUT2D eigenvalue weighted by molar-refractivity contribution is 0.0642. The Labute approximate surface area is 150 Å². The number of carbonyl (C=O) groups is 1. The fourth-order valence-electron chi connectivity index (χ4n) is 3.52. The summed E-state index contributed by atoms with van der Waals surface area (Å²) < 4.78 is 0. The van der Waals surface area contributed by atoms with Gasteiger partial charge in [0.25, 0.3) is 5.91 Å². The average Bonchev–Trinajstić information content (AvgIpc) is 2.67. The van der Waals surface area contributed by atoms with Crippen molar-refractivity contribution < 1.29 is 4.79 Å². The number of hydrogen-bond acceptors (Lipinski definition) is 3. The van der Waals surface area contributed by atoms with E-state index < -0.39 is 0 Å². The molecule has 0 radical (unpaired) electrons. The van der Waals surface area contributed by atoms with Crippen LogP contribution >= 0.6 is 0 Å². The number of piperidine rings is 1. The molecule has 0 atom stereocenters. The average molecular weight is 337 g/mol. The summed E-state index contributed by atoms with van der Waals surface area (Å²) in [7, 11) is 1.95. The lowest BCUT2D eigenvalue weighted by Gasteiger charge is -2.37. The van der Waals surface area contributed by atoms with E-state index in [-0.39, 0.29) is 5.91 Å². The van der Waals surface area contributed by atoms with Gasteiger partial charge in [-0.25, -0.2) is 0 Å². The van der Waals surface area contributed by atoms with Gasteiger partial charge in [0, 0.05) is 56.6 Å². The minimum atomic E-state index is 0.144. The highest BCUT2D eigenvalue weighted by Crippen LogP contribution is 2.19. The van der Waals surface area contributed by atoms with Crippen molar-refractivity contribution in [3.8, 4) is 0 Å². The van der Waals surface area contributed by atoms with Crippen molar-refractivity contribution in [2.45, 2.75) is 32.2 Å². The fraction of sp³-hybridized carbons (Fsp3) is 0.429. The quantitative estimate of drug-likeness (QED) is 0.841. The summed E-state index contributed by atoms with van der Waals surface area (Å²) in [4.78, 5) is 21.6. The molecule has 0 saturated carbocycles. The van der Waals surface area contributed by atoms with Crippen molar-refractivity contribution in [1.29, 1.82) is 0 Å². The molecule has 1 aliphatic heterocycles. The van der Waals surface area contributed by atoms with Gasteiger partial charge in [-0.05, 0) is 43.5 Å². The van der Waals surface area contributed by atoms with Crippen LogP contribution in [-0.4, -0.2) is 53.4 Å². The zero-order valence-corrected chi connectivity index (χ0v) is 15.2. The van der Waals surface area contributed by atoms with Gasteiger partial charge in [0.05, 0.1) is 0 Å². The molecule has 25 heavy (non-hydrogen) atoms. The third-order valence-corrected chi connectivity index (χ3v) is 5.21. The van der Waals surface area contributed by atoms with Crippen LogP contribution in [-0.2, 0) is 6.42 Å². The highest BCUT2D eigenvalue weighted by Gasteiger charge is 2.26. The summed E-state index contributed by atoms with van der Waals surface area (Å²) in [6.07, 6.45) is 4.92. The maximum Gasteiger partial charge on any atom is 0.254 e. The van der Waals surface area contributed by atoms with Gasteiger partial charge < -0.3 is 9.80 Å². The summed E-state index contributed by atoms with van der Waals surface area (Å²) in [5.41, 5.74) is 3.02. The second-order valence-corrected chi connectivity index (χ2v) is 6.87. The van der Waals surface area contributed by atoms with Gasteiger partial charge in [-0.2, -0.15) is 0 Å². The van der Waals surface area contributed by atoms with Crippen molar-refractivity contribution in [3.63, 3.8) is 0 Å². The first-order valence-electron chi connectivity index (χ1n) is 9.10. The maximum absolute atomic E-state index is 12.8. The Morgan fingerprint density at radius 3 is 2.56 bits per heavy atom. The Kier molecular flexibility index (Phi) is 5.82. The van der Waals surface area contributed by atoms with Gasteiger partial charge in [-0.1, -0.05) is 24.3 Å². The zero-order chi connectivity index (χ0) is 17.6. The molecule has 1 aromatic carbocycles. The number of likely N-dealkylation sites (tertiary alicyclic amines) is 1. The van der Waals surface area contributed by atoms with Crippen LogP contribution in [0.3, 0.4) is 0 Å². The van der Waals surface area contributed by atoms with Gasteiger partial charge in [-0.15, -0.1) is 0 Å². The highest BCUT2D eigenvalue weighted by atomic mass is 16.2. The number of hydrogen-bond donors (Lipinski definition) is 0. The molecule has 0 spiro atoms. The molecular formula is C21H27N3O. The van der Waals surface area contributed by atoms with Crippen LogP contribution in [0.2, 0.25) is 0 Å². The molecule has 1 fully saturated rings. The van der Waals surface area contributed by atoms with E-state index in [1.54, 1.807) is 0 Å². The monoisotopic (exact) mass is 337 g/mol. The minimum absolute atomic E-state index is 0.144. The summed E-state index contributed by atoms with van der Waals surface area (Å²) in [6.45, 7) is 5.13. The van der Waals surface area contributed by atoms with Crippen LogP contribution in [0.15, 0.2) is 48.7 Å². The van der Waals surface area contributed by atoms with E-state index in [0.29, 0.717) is 6.04 Å². The fourth-order valence-corrected chi connectivity index (χ4v) is 3.52. The Balaban J connectivity index is 1.50. The molecule has 0 bridgehead atoms. The topological polar surface area (TPSA) is 36.4 Å². The summed E-state index contributed by atoms with van der Waals surface area (Å²) in [5.74, 6) is 0.144. The molecule has 0 aliphatic carbocycles. The molecule has 1 aliphatic rings. The van der Waals surface area contributed by atoms with E-state index in [2.05, 4.69) is 16.0 Å². The molecule has 4 nitrogen and oxygen atoms in total.